The molecule has 0 bridgehead atoms. The van der Waals surface area contributed by atoms with Crippen molar-refractivity contribution >= 4 is 23.8 Å². The SMILES string of the molecule is CNC(=O)CNC(=O)CCCN(CCN(C)C)CCN(CC(=O)O)CC(=O)O. The van der Waals surface area contributed by atoms with Crippen molar-refractivity contribution in [3.05, 3.63) is 0 Å². The average Bonchev–Trinajstić information content (AvgIpc) is 2.59. The van der Waals surface area contributed by atoms with E-state index in [1.165, 1.54) is 11.9 Å². The molecule has 0 spiro atoms. The van der Waals surface area contributed by atoms with Gasteiger partial charge in [0, 0.05) is 39.6 Å². The van der Waals surface area contributed by atoms with Crippen LogP contribution in [-0.4, -0.2) is 122 Å². The zero-order valence-corrected chi connectivity index (χ0v) is 16.9. The predicted molar refractivity (Wildman–Crippen MR) is 103 cm³/mol. The maximum atomic E-state index is 11.8. The Morgan fingerprint density at radius 2 is 1.32 bits per heavy atom. The van der Waals surface area contributed by atoms with E-state index in [-0.39, 0.29) is 37.9 Å². The Morgan fingerprint density at radius 3 is 1.82 bits per heavy atom. The van der Waals surface area contributed by atoms with Gasteiger partial charge < -0.3 is 30.6 Å². The molecule has 0 rings (SSSR count). The van der Waals surface area contributed by atoms with Gasteiger partial charge >= 0.3 is 11.9 Å². The van der Waals surface area contributed by atoms with Crippen LogP contribution in [-0.2, 0) is 19.2 Å². The standard InChI is InChI=1S/C17H33N5O6/c1-18-15(24)11-19-14(23)5-4-6-21(8-7-20(2)3)9-10-22(12-16(25)26)13-17(27)28/h4-13H2,1-3H3,(H,18,24)(H,19,23)(H,25,26)(H,27,28). The maximum absolute atomic E-state index is 11.8. The van der Waals surface area contributed by atoms with Gasteiger partial charge in [-0.3, -0.25) is 24.1 Å². The minimum absolute atomic E-state index is 0.0565. The quantitative estimate of drug-likeness (QED) is 0.229. The zero-order chi connectivity index (χ0) is 21.5. The van der Waals surface area contributed by atoms with Crippen molar-refractivity contribution in [3.63, 3.8) is 0 Å². The highest BCUT2D eigenvalue weighted by Gasteiger charge is 2.15. The van der Waals surface area contributed by atoms with Crippen molar-refractivity contribution in [1.29, 1.82) is 0 Å². The van der Waals surface area contributed by atoms with Crippen LogP contribution >= 0.6 is 0 Å². The molecular weight excluding hydrogens is 370 g/mol. The smallest absolute Gasteiger partial charge is 0.317 e. The summed E-state index contributed by atoms with van der Waals surface area (Å²) in [6.07, 6.45) is 0.842. The third-order valence-corrected chi connectivity index (χ3v) is 3.92. The van der Waals surface area contributed by atoms with Gasteiger partial charge in [-0.05, 0) is 27.1 Å². The lowest BCUT2D eigenvalue weighted by Gasteiger charge is -2.27. The fourth-order valence-electron chi connectivity index (χ4n) is 2.38. The van der Waals surface area contributed by atoms with Gasteiger partial charge in [0.25, 0.3) is 0 Å². The molecular formula is C17H33N5O6. The fraction of sp³-hybridized carbons (Fsp3) is 0.765. The summed E-state index contributed by atoms with van der Waals surface area (Å²) >= 11 is 0. The highest BCUT2D eigenvalue weighted by molar-refractivity contribution is 5.84. The van der Waals surface area contributed by atoms with E-state index in [0.717, 1.165) is 6.54 Å². The molecule has 0 saturated carbocycles. The minimum atomic E-state index is -1.08. The summed E-state index contributed by atoms with van der Waals surface area (Å²) in [6.45, 7) is 2.16. The molecule has 0 aliphatic heterocycles. The number of nitrogens with zero attached hydrogens (tertiary/aromatic N) is 3. The molecule has 0 unspecified atom stereocenters. The summed E-state index contributed by atoms with van der Waals surface area (Å²) < 4.78 is 0. The summed E-state index contributed by atoms with van der Waals surface area (Å²) in [4.78, 5) is 50.1. The number of carbonyl (C=O) groups is 4. The van der Waals surface area contributed by atoms with E-state index in [9.17, 15) is 19.2 Å². The molecule has 0 radical (unpaired) electrons. The first kappa shape index (κ1) is 25.8. The Kier molecular flexibility index (Phi) is 13.6. The lowest BCUT2D eigenvalue weighted by atomic mass is 10.2. The summed E-state index contributed by atoms with van der Waals surface area (Å²) in [6, 6.07) is 0. The van der Waals surface area contributed by atoms with E-state index in [1.54, 1.807) is 0 Å². The van der Waals surface area contributed by atoms with Crippen LogP contribution in [0, 0.1) is 0 Å². The van der Waals surface area contributed by atoms with Gasteiger partial charge in [0.05, 0.1) is 19.6 Å². The molecule has 0 fully saturated rings. The van der Waals surface area contributed by atoms with Crippen LogP contribution in [0.3, 0.4) is 0 Å². The molecule has 28 heavy (non-hydrogen) atoms. The van der Waals surface area contributed by atoms with E-state index in [2.05, 4.69) is 15.5 Å². The van der Waals surface area contributed by atoms with Crippen molar-refractivity contribution in [2.45, 2.75) is 12.8 Å². The number of rotatable bonds is 16. The lowest BCUT2D eigenvalue weighted by Crippen LogP contribution is -2.42. The van der Waals surface area contributed by atoms with E-state index < -0.39 is 11.9 Å². The number of carboxylic acid groups (broad SMARTS) is 2. The van der Waals surface area contributed by atoms with Crippen LogP contribution in [0.25, 0.3) is 0 Å². The molecule has 0 aliphatic carbocycles. The number of hydrogen-bond acceptors (Lipinski definition) is 7. The van der Waals surface area contributed by atoms with Crippen LogP contribution in [0.1, 0.15) is 12.8 Å². The second-order valence-corrected chi connectivity index (χ2v) is 6.70. The van der Waals surface area contributed by atoms with Crippen molar-refractivity contribution in [1.82, 2.24) is 25.3 Å². The first-order valence-electron chi connectivity index (χ1n) is 9.14. The molecule has 0 aromatic carbocycles. The number of nitrogens with one attached hydrogen (secondary N) is 2. The average molecular weight is 403 g/mol. The van der Waals surface area contributed by atoms with Crippen molar-refractivity contribution < 1.29 is 29.4 Å². The third-order valence-electron chi connectivity index (χ3n) is 3.92. The molecule has 0 aromatic heterocycles. The number of carbonyl (C=O) groups excluding carboxylic acids is 2. The number of aliphatic carboxylic acids is 2. The monoisotopic (exact) mass is 403 g/mol. The second-order valence-electron chi connectivity index (χ2n) is 6.70. The maximum Gasteiger partial charge on any atom is 0.317 e. The number of likely N-dealkylation sites (N-methyl/N-ethyl adjacent to an activating group) is 2. The molecule has 0 aliphatic rings. The van der Waals surface area contributed by atoms with Crippen LogP contribution in [0.2, 0.25) is 0 Å². The van der Waals surface area contributed by atoms with Crippen LogP contribution in [0.5, 0.6) is 0 Å². The lowest BCUT2D eigenvalue weighted by molar-refractivity contribution is -0.142. The normalized spacial score (nSPS) is 11.1. The molecule has 11 nitrogen and oxygen atoms in total. The number of amides is 2. The van der Waals surface area contributed by atoms with E-state index >= 15 is 0 Å². The van der Waals surface area contributed by atoms with Crippen molar-refractivity contribution in [2.24, 2.45) is 0 Å². The van der Waals surface area contributed by atoms with Crippen molar-refractivity contribution in [3.8, 4) is 0 Å². The number of carboxylic acids is 2. The van der Waals surface area contributed by atoms with E-state index in [0.29, 0.717) is 32.6 Å². The van der Waals surface area contributed by atoms with Gasteiger partial charge in [0.1, 0.15) is 0 Å². The molecule has 2 amide bonds. The third kappa shape index (κ3) is 14.9. The first-order valence-corrected chi connectivity index (χ1v) is 9.14. The van der Waals surface area contributed by atoms with Crippen LogP contribution in [0.4, 0.5) is 0 Å². The highest BCUT2D eigenvalue weighted by atomic mass is 16.4. The molecule has 162 valence electrons. The Morgan fingerprint density at radius 1 is 0.786 bits per heavy atom. The summed E-state index contributed by atoms with van der Waals surface area (Å²) in [5.41, 5.74) is 0. The summed E-state index contributed by atoms with van der Waals surface area (Å²) in [7, 11) is 5.37. The summed E-state index contributed by atoms with van der Waals surface area (Å²) in [5, 5.41) is 22.8. The summed E-state index contributed by atoms with van der Waals surface area (Å²) in [5.74, 6) is -2.63. The first-order chi connectivity index (χ1) is 13.1. The molecule has 11 heteroatoms. The largest absolute Gasteiger partial charge is 0.480 e. The van der Waals surface area contributed by atoms with Gasteiger partial charge in [0.2, 0.25) is 11.8 Å². The number of hydrogen-bond donors (Lipinski definition) is 4. The van der Waals surface area contributed by atoms with E-state index in [1.807, 2.05) is 19.0 Å². The van der Waals surface area contributed by atoms with Crippen LogP contribution in [0.15, 0.2) is 0 Å². The molecule has 0 atom stereocenters. The molecule has 0 aromatic rings. The van der Waals surface area contributed by atoms with Crippen molar-refractivity contribution in [2.75, 3.05) is 73.5 Å². The molecule has 0 heterocycles. The van der Waals surface area contributed by atoms with E-state index in [4.69, 9.17) is 10.2 Å². The van der Waals surface area contributed by atoms with Gasteiger partial charge in [-0.1, -0.05) is 0 Å². The van der Waals surface area contributed by atoms with Gasteiger partial charge in [-0.15, -0.1) is 0 Å². The fourth-order valence-corrected chi connectivity index (χ4v) is 2.38. The molecule has 0 saturated heterocycles. The second kappa shape index (κ2) is 14.8. The minimum Gasteiger partial charge on any atom is -0.480 e. The molecule has 4 N–H and O–H groups in total. The highest BCUT2D eigenvalue weighted by Crippen LogP contribution is 1.99. The predicted octanol–water partition coefficient (Wildman–Crippen LogP) is -2.04. The van der Waals surface area contributed by atoms with Gasteiger partial charge in [-0.25, -0.2) is 0 Å². The Balaban J connectivity index is 4.50. The Labute approximate surface area is 165 Å². The topological polar surface area (TPSA) is 143 Å². The Hall–Kier alpha value is -2.24. The Bertz CT molecular complexity index is 498. The zero-order valence-electron chi connectivity index (χ0n) is 16.9. The van der Waals surface area contributed by atoms with Crippen LogP contribution < -0.4 is 10.6 Å². The van der Waals surface area contributed by atoms with Gasteiger partial charge in [0.15, 0.2) is 0 Å². The van der Waals surface area contributed by atoms with Gasteiger partial charge in [-0.2, -0.15) is 0 Å².